The second kappa shape index (κ2) is 9.58. The Hall–Kier alpha value is -3.59. The summed E-state index contributed by atoms with van der Waals surface area (Å²) in [6.07, 6.45) is 0.287. The maximum Gasteiger partial charge on any atom is 0.267 e. The topological polar surface area (TPSA) is 86.4 Å². The van der Waals surface area contributed by atoms with Crippen molar-refractivity contribution in [1.29, 1.82) is 0 Å². The summed E-state index contributed by atoms with van der Waals surface area (Å²) in [7, 11) is 0. The van der Waals surface area contributed by atoms with Crippen LogP contribution in [-0.4, -0.2) is 46.0 Å². The fourth-order valence-corrected chi connectivity index (χ4v) is 4.31. The minimum absolute atomic E-state index is 0.0551. The fraction of sp³-hybridized carbons (Fsp3) is 0.280. The lowest BCUT2D eigenvalue weighted by molar-refractivity contribution is -0.121. The number of anilines is 1. The summed E-state index contributed by atoms with van der Waals surface area (Å²) in [5, 5.41) is 6.46. The number of H-pyrrole nitrogens is 1. The number of halogens is 3. The maximum absolute atomic E-state index is 14.7. The third-order valence-electron chi connectivity index (χ3n) is 6.25. The summed E-state index contributed by atoms with van der Waals surface area (Å²) < 4.78 is 28.6. The van der Waals surface area contributed by atoms with Gasteiger partial charge < -0.3 is 9.80 Å². The van der Waals surface area contributed by atoms with E-state index in [9.17, 15) is 23.2 Å². The average Bonchev–Trinajstić information content (AvgIpc) is 2.82. The quantitative estimate of drug-likeness (QED) is 0.590. The lowest BCUT2D eigenvalue weighted by atomic mass is 10.0. The van der Waals surface area contributed by atoms with E-state index in [-0.39, 0.29) is 35.7 Å². The number of piperazine rings is 1. The number of aromatic amines is 1. The van der Waals surface area contributed by atoms with Gasteiger partial charge in [-0.2, -0.15) is 5.10 Å². The third-order valence-corrected chi connectivity index (χ3v) is 6.56. The normalized spacial score (nSPS) is 16.1. The first kappa shape index (κ1) is 24.5. The van der Waals surface area contributed by atoms with Gasteiger partial charge in [-0.05, 0) is 62.2 Å². The number of nitrogens with one attached hydrogen (secondary N) is 1. The van der Waals surface area contributed by atoms with Crippen LogP contribution >= 0.6 is 11.6 Å². The molecule has 0 radical (unpaired) electrons. The van der Waals surface area contributed by atoms with Gasteiger partial charge in [0, 0.05) is 24.2 Å². The average molecular weight is 501 g/mol. The molecular weight excluding hydrogens is 478 g/mol. The van der Waals surface area contributed by atoms with Gasteiger partial charge in [-0.15, -0.1) is 0 Å². The van der Waals surface area contributed by atoms with E-state index in [1.54, 1.807) is 26.8 Å². The van der Waals surface area contributed by atoms with E-state index in [0.29, 0.717) is 22.5 Å². The van der Waals surface area contributed by atoms with Crippen molar-refractivity contribution in [3.63, 3.8) is 0 Å². The lowest BCUT2D eigenvalue weighted by Gasteiger charge is -2.39. The zero-order chi connectivity index (χ0) is 25.4. The Bertz CT molecular complexity index is 1390. The molecule has 4 rings (SSSR count). The predicted octanol–water partition coefficient (Wildman–Crippen LogP) is 3.79. The van der Waals surface area contributed by atoms with Gasteiger partial charge in [-0.3, -0.25) is 14.4 Å². The van der Waals surface area contributed by atoms with Crippen molar-refractivity contribution >= 4 is 29.1 Å². The van der Waals surface area contributed by atoms with E-state index in [1.807, 2.05) is 0 Å². The van der Waals surface area contributed by atoms with Crippen LogP contribution in [0.3, 0.4) is 0 Å². The van der Waals surface area contributed by atoms with Crippen LogP contribution in [-0.2, 0) is 11.2 Å². The molecule has 10 heteroatoms. The number of nitrogens with zero attached hydrogens (tertiary/aromatic N) is 3. The number of rotatable bonds is 4. The monoisotopic (exact) mass is 500 g/mol. The van der Waals surface area contributed by atoms with E-state index in [4.69, 9.17) is 11.6 Å². The van der Waals surface area contributed by atoms with Crippen LogP contribution in [0.25, 0.3) is 0 Å². The first-order chi connectivity index (χ1) is 16.6. The largest absolute Gasteiger partial charge is 0.327 e. The van der Waals surface area contributed by atoms with Gasteiger partial charge in [-0.25, -0.2) is 13.9 Å². The van der Waals surface area contributed by atoms with E-state index in [0.717, 1.165) is 5.56 Å². The van der Waals surface area contributed by atoms with Crippen molar-refractivity contribution in [3.8, 4) is 0 Å². The number of benzene rings is 2. The standard InChI is InChI=1S/C25H23ClF2N4O3/c1-13-11-31(12-23(33)32(13)17-5-6-19(26)21(28)10-17)25(35)18-8-16(4-7-20(18)27)9-22-14(2)15(3)24(34)30-29-22/h4-8,10,13H,9,11-12H2,1-3H3,(H,30,34)/t13-/m0/s1. The number of hydrogen-bond donors (Lipinski definition) is 1. The maximum atomic E-state index is 14.7. The Labute approximate surface area is 205 Å². The molecule has 2 amide bonds. The van der Waals surface area contributed by atoms with Gasteiger partial charge in [0.1, 0.15) is 18.2 Å². The van der Waals surface area contributed by atoms with Crippen molar-refractivity contribution in [3.05, 3.63) is 91.4 Å². The third kappa shape index (κ3) is 4.81. The van der Waals surface area contributed by atoms with Crippen molar-refractivity contribution in [2.75, 3.05) is 18.0 Å². The Morgan fingerprint density at radius 3 is 2.54 bits per heavy atom. The van der Waals surface area contributed by atoms with Gasteiger partial charge in [0.15, 0.2) is 0 Å². The molecule has 35 heavy (non-hydrogen) atoms. The van der Waals surface area contributed by atoms with Crippen LogP contribution in [0, 0.1) is 25.5 Å². The smallest absolute Gasteiger partial charge is 0.267 e. The van der Waals surface area contributed by atoms with Gasteiger partial charge >= 0.3 is 0 Å². The van der Waals surface area contributed by atoms with Gasteiger partial charge in [0.2, 0.25) is 5.91 Å². The van der Waals surface area contributed by atoms with E-state index >= 15 is 0 Å². The summed E-state index contributed by atoms with van der Waals surface area (Å²) in [4.78, 5) is 40.5. The molecule has 1 atom stereocenters. The van der Waals surface area contributed by atoms with Crippen LogP contribution in [0.2, 0.25) is 5.02 Å². The highest BCUT2D eigenvalue weighted by Crippen LogP contribution is 2.27. The summed E-state index contributed by atoms with van der Waals surface area (Å²) in [5.74, 6) is -2.39. The summed E-state index contributed by atoms with van der Waals surface area (Å²) >= 11 is 5.74. The van der Waals surface area contributed by atoms with E-state index in [2.05, 4.69) is 10.2 Å². The minimum Gasteiger partial charge on any atom is -0.327 e. The molecule has 0 saturated carbocycles. The lowest BCUT2D eigenvalue weighted by Crippen LogP contribution is -2.57. The number of amides is 2. The molecule has 0 aliphatic carbocycles. The molecule has 1 aliphatic rings. The van der Waals surface area contributed by atoms with E-state index < -0.39 is 29.5 Å². The van der Waals surface area contributed by atoms with Crippen molar-refractivity contribution in [2.24, 2.45) is 0 Å². The Morgan fingerprint density at radius 1 is 1.11 bits per heavy atom. The highest BCUT2D eigenvalue weighted by Gasteiger charge is 2.34. The molecule has 0 bridgehead atoms. The molecule has 1 N–H and O–H groups in total. The van der Waals surface area contributed by atoms with Crippen LogP contribution in [0.15, 0.2) is 41.2 Å². The second-order valence-electron chi connectivity index (χ2n) is 8.64. The molecule has 0 unspecified atom stereocenters. The predicted molar refractivity (Wildman–Crippen MR) is 128 cm³/mol. The molecule has 2 aromatic carbocycles. The van der Waals surface area contributed by atoms with Gasteiger partial charge in [-0.1, -0.05) is 17.7 Å². The Morgan fingerprint density at radius 2 is 1.86 bits per heavy atom. The zero-order valence-electron chi connectivity index (χ0n) is 19.4. The Balaban J connectivity index is 1.56. The first-order valence-corrected chi connectivity index (χ1v) is 11.3. The zero-order valence-corrected chi connectivity index (χ0v) is 20.1. The summed E-state index contributed by atoms with van der Waals surface area (Å²) in [6.45, 7) is 5.05. The highest BCUT2D eigenvalue weighted by molar-refractivity contribution is 6.30. The van der Waals surface area contributed by atoms with Crippen LogP contribution in [0.5, 0.6) is 0 Å². The summed E-state index contributed by atoms with van der Waals surface area (Å²) in [5.41, 5.74) is 2.40. The van der Waals surface area contributed by atoms with Crippen molar-refractivity contribution in [2.45, 2.75) is 33.2 Å². The number of carbonyl (C=O) groups excluding carboxylic acids is 2. The summed E-state index contributed by atoms with van der Waals surface area (Å²) in [6, 6.07) is 7.80. The molecule has 1 fully saturated rings. The Kier molecular flexibility index (Phi) is 6.71. The highest BCUT2D eigenvalue weighted by atomic mass is 35.5. The van der Waals surface area contributed by atoms with Gasteiger partial charge in [0.25, 0.3) is 11.5 Å². The molecular formula is C25H23ClF2N4O3. The molecule has 7 nitrogen and oxygen atoms in total. The SMILES string of the molecule is Cc1c(Cc2ccc(F)c(C(=O)N3CC(=O)N(c4ccc(Cl)c(F)c4)[C@@H](C)C3)c2)n[nH]c(=O)c1C. The number of carbonyl (C=O) groups is 2. The van der Waals surface area contributed by atoms with Crippen LogP contribution < -0.4 is 10.5 Å². The number of hydrogen-bond acceptors (Lipinski definition) is 4. The molecule has 2 heterocycles. The molecule has 1 aliphatic heterocycles. The molecule has 1 aromatic heterocycles. The van der Waals surface area contributed by atoms with Crippen LogP contribution in [0.1, 0.15) is 39.7 Å². The second-order valence-corrected chi connectivity index (χ2v) is 9.04. The first-order valence-electron chi connectivity index (χ1n) is 11.0. The van der Waals surface area contributed by atoms with Crippen molar-refractivity contribution in [1.82, 2.24) is 15.1 Å². The molecule has 3 aromatic rings. The van der Waals surface area contributed by atoms with Crippen molar-refractivity contribution < 1.29 is 18.4 Å². The molecule has 0 spiro atoms. The van der Waals surface area contributed by atoms with Crippen LogP contribution in [0.4, 0.5) is 14.5 Å². The minimum atomic E-state index is -0.705. The van der Waals surface area contributed by atoms with E-state index in [1.165, 1.54) is 40.1 Å². The number of aromatic nitrogens is 2. The molecule has 1 saturated heterocycles. The van der Waals surface area contributed by atoms with Gasteiger partial charge in [0.05, 0.1) is 22.3 Å². The fourth-order valence-electron chi connectivity index (χ4n) is 4.19. The molecule has 182 valence electrons.